The van der Waals surface area contributed by atoms with Crippen LogP contribution in [0.3, 0.4) is 0 Å². The highest BCUT2D eigenvalue weighted by atomic mass is 33.1. The average molecular weight is 532 g/mol. The number of aliphatic imine (C=N–C) groups is 1. The molecular weight excluding hydrogens is 486 g/mol. The van der Waals surface area contributed by atoms with E-state index in [9.17, 15) is 9.90 Å². The molecule has 0 radical (unpaired) electrons. The Bertz CT molecular complexity index is 960. The number of hydrogen-bond acceptors (Lipinski definition) is 7. The van der Waals surface area contributed by atoms with Gasteiger partial charge in [0.1, 0.15) is 0 Å². The minimum Gasteiger partial charge on any atom is -0.396 e. The molecule has 6 rings (SSSR count). The molecule has 2 aliphatic heterocycles. The van der Waals surface area contributed by atoms with Gasteiger partial charge in [0.15, 0.2) is 11.7 Å². The summed E-state index contributed by atoms with van der Waals surface area (Å²) in [6, 6.07) is 0. The van der Waals surface area contributed by atoms with Crippen molar-refractivity contribution >= 4 is 33.3 Å². The molecule has 4 aliphatic carbocycles. The minimum absolute atomic E-state index is 0.00149. The second-order valence-electron chi connectivity index (χ2n) is 13.1. The summed E-state index contributed by atoms with van der Waals surface area (Å²) in [5.41, 5.74) is 9.60. The summed E-state index contributed by atoms with van der Waals surface area (Å²) in [6.45, 7) is 3.66. The van der Waals surface area contributed by atoms with Crippen molar-refractivity contribution in [2.75, 3.05) is 24.7 Å². The maximum absolute atomic E-state index is 13.9. The van der Waals surface area contributed by atoms with Crippen molar-refractivity contribution < 1.29 is 9.90 Å². The Balaban J connectivity index is 1.40. The third kappa shape index (κ3) is 3.76. The number of nitrogens with two attached hydrogens (primary N) is 1. The zero-order chi connectivity index (χ0) is 25.0. The first kappa shape index (κ1) is 25.6. The molecule has 3 fully saturated rings. The summed E-state index contributed by atoms with van der Waals surface area (Å²) in [6.07, 6.45) is 15.9. The normalized spacial score (nSPS) is 42.2. The lowest BCUT2D eigenvalue weighted by Gasteiger charge is -2.61. The number of hydrogen-bond donors (Lipinski definition) is 3. The lowest BCUT2D eigenvalue weighted by atomic mass is 9.42. The quantitative estimate of drug-likeness (QED) is 0.410. The van der Waals surface area contributed by atoms with Crippen molar-refractivity contribution in [1.82, 2.24) is 5.32 Å². The van der Waals surface area contributed by atoms with Gasteiger partial charge in [0.25, 0.3) is 0 Å². The highest BCUT2D eigenvalue weighted by molar-refractivity contribution is 8.76. The van der Waals surface area contributed by atoms with Crippen molar-refractivity contribution in [3.63, 3.8) is 0 Å². The summed E-state index contributed by atoms with van der Waals surface area (Å²) < 4.78 is 0. The van der Waals surface area contributed by atoms with E-state index >= 15 is 0 Å². The smallest absolute Gasteiger partial charge is 0.189 e. The highest BCUT2D eigenvalue weighted by Crippen LogP contribution is 2.79. The van der Waals surface area contributed by atoms with Crippen LogP contribution in [0.2, 0.25) is 0 Å². The van der Waals surface area contributed by atoms with Crippen LogP contribution in [0.15, 0.2) is 16.1 Å². The molecule has 200 valence electrons. The van der Waals surface area contributed by atoms with E-state index in [1.54, 1.807) is 5.57 Å². The van der Waals surface area contributed by atoms with Crippen molar-refractivity contribution in [3.05, 3.63) is 11.1 Å². The van der Waals surface area contributed by atoms with Gasteiger partial charge in [0.05, 0.1) is 5.54 Å². The minimum atomic E-state index is -0.00149. The van der Waals surface area contributed by atoms with E-state index < -0.39 is 0 Å². The standard InChI is InChI=1S/C29H45N3O2S2/c1-26-12-15-35-36-19-28(11-13-31-25(30)32-28)10-4-6-21-22-16-20(26)17-27(8-2-3-9-27)24(7-5-14-33)29(22,26)18-23(21)34/h20,24,33H,2-19H2,1H3,(H3,30,31,32)/t20-,24+,26-,28-,29+/m0/s1. The molecule has 0 aromatic heterocycles. The predicted molar refractivity (Wildman–Crippen MR) is 151 cm³/mol. The Kier molecular flexibility index (Phi) is 6.77. The highest BCUT2D eigenvalue weighted by Gasteiger charge is 2.72. The van der Waals surface area contributed by atoms with E-state index in [2.05, 4.69) is 17.2 Å². The third-order valence-corrected chi connectivity index (χ3v) is 14.3. The molecule has 7 heteroatoms. The van der Waals surface area contributed by atoms with E-state index in [-0.39, 0.29) is 23.0 Å². The van der Waals surface area contributed by atoms with Crippen molar-refractivity contribution in [3.8, 4) is 0 Å². The molecule has 3 spiro atoms. The van der Waals surface area contributed by atoms with Gasteiger partial charge in [-0.1, -0.05) is 46.9 Å². The fourth-order valence-electron chi connectivity index (χ4n) is 10.2. The molecule has 0 unspecified atom stereocenters. The van der Waals surface area contributed by atoms with E-state index in [4.69, 9.17) is 5.73 Å². The topological polar surface area (TPSA) is 87.7 Å². The number of Topliss-reactive ketones (excluding diaryl/α,β-unsaturated/α-hetero) is 1. The number of ketones is 1. The molecular formula is C29H45N3O2S2. The third-order valence-electron chi connectivity index (χ3n) is 11.8. The number of carbonyl (C=O) groups is 1. The Morgan fingerprint density at radius 2 is 1.97 bits per heavy atom. The van der Waals surface area contributed by atoms with Crippen LogP contribution in [0.25, 0.3) is 0 Å². The Morgan fingerprint density at radius 1 is 1.14 bits per heavy atom. The zero-order valence-corrected chi connectivity index (χ0v) is 23.7. The summed E-state index contributed by atoms with van der Waals surface area (Å²) in [5, 5.41) is 13.5. The number of aliphatic hydroxyl groups is 1. The Hall–Kier alpha value is -0.660. The molecule has 4 N–H and O–H groups in total. The number of nitrogens with zero attached hydrogens (tertiary/aromatic N) is 1. The first-order valence-corrected chi connectivity index (χ1v) is 17.1. The number of guanidine groups is 1. The van der Waals surface area contributed by atoms with Gasteiger partial charge < -0.3 is 16.2 Å². The predicted octanol–water partition coefficient (Wildman–Crippen LogP) is 5.62. The zero-order valence-electron chi connectivity index (χ0n) is 22.1. The number of rotatable bonds is 3. The largest absolute Gasteiger partial charge is 0.396 e. The summed E-state index contributed by atoms with van der Waals surface area (Å²) in [5.74, 6) is 4.52. The van der Waals surface area contributed by atoms with Crippen LogP contribution in [0, 0.1) is 28.1 Å². The molecule has 5 bridgehead atoms. The van der Waals surface area contributed by atoms with Crippen LogP contribution in [0.1, 0.15) is 96.8 Å². The molecule has 2 heterocycles. The maximum Gasteiger partial charge on any atom is 0.189 e. The SMILES string of the molecule is C[C@]12CCSSC[C@]3(CCCC4=C5C[C@H]1CC1(CCCC1)[C@@H](CCCO)[C@@]52CC4=O)CCN=C(N)N3. The average Bonchev–Trinajstić information content (AvgIpc) is 3.45. The maximum atomic E-state index is 13.9. The molecule has 3 saturated carbocycles. The molecule has 0 aromatic rings. The van der Waals surface area contributed by atoms with E-state index in [0.717, 1.165) is 75.3 Å². The van der Waals surface area contributed by atoms with Crippen LogP contribution in [-0.4, -0.2) is 47.0 Å². The van der Waals surface area contributed by atoms with Crippen LogP contribution >= 0.6 is 21.6 Å². The second-order valence-corrected chi connectivity index (χ2v) is 15.7. The van der Waals surface area contributed by atoms with Crippen LogP contribution in [-0.2, 0) is 4.79 Å². The number of nitrogens with one attached hydrogen (secondary N) is 1. The van der Waals surface area contributed by atoms with Crippen LogP contribution in [0.5, 0.6) is 0 Å². The number of carbonyl (C=O) groups excluding carboxylic acids is 1. The van der Waals surface area contributed by atoms with Gasteiger partial charge in [-0.25, -0.2) is 0 Å². The summed E-state index contributed by atoms with van der Waals surface area (Å²) >= 11 is 0. The molecule has 0 saturated heterocycles. The van der Waals surface area contributed by atoms with Gasteiger partial charge in [0.2, 0.25) is 0 Å². The van der Waals surface area contributed by atoms with E-state index in [1.165, 1.54) is 44.1 Å². The monoisotopic (exact) mass is 531 g/mol. The van der Waals surface area contributed by atoms with Gasteiger partial charge in [0, 0.05) is 36.5 Å². The van der Waals surface area contributed by atoms with E-state index in [0.29, 0.717) is 23.1 Å². The number of aliphatic hydroxyl groups excluding tert-OH is 1. The number of allylic oxidation sites excluding steroid dienone is 2. The molecule has 5 atom stereocenters. The van der Waals surface area contributed by atoms with Gasteiger partial charge in [-0.2, -0.15) is 0 Å². The van der Waals surface area contributed by atoms with Gasteiger partial charge in [-0.05, 0) is 98.9 Å². The summed E-state index contributed by atoms with van der Waals surface area (Å²) in [4.78, 5) is 18.3. The summed E-state index contributed by atoms with van der Waals surface area (Å²) in [7, 11) is 4.06. The fraction of sp³-hybridized carbons (Fsp3) is 0.862. The molecule has 36 heavy (non-hydrogen) atoms. The van der Waals surface area contributed by atoms with Crippen molar-refractivity contribution in [2.45, 2.75) is 102 Å². The second kappa shape index (κ2) is 9.51. The van der Waals surface area contributed by atoms with Gasteiger partial charge >= 0.3 is 0 Å². The van der Waals surface area contributed by atoms with Crippen molar-refractivity contribution in [1.29, 1.82) is 0 Å². The Morgan fingerprint density at radius 3 is 2.75 bits per heavy atom. The molecule has 0 amide bonds. The molecule has 6 aliphatic rings. The molecule has 0 aromatic carbocycles. The lowest BCUT2D eigenvalue weighted by Crippen LogP contribution is -2.56. The van der Waals surface area contributed by atoms with Crippen LogP contribution in [0.4, 0.5) is 0 Å². The van der Waals surface area contributed by atoms with Gasteiger partial charge in [-0.15, -0.1) is 0 Å². The Labute approximate surface area is 225 Å². The first-order valence-electron chi connectivity index (χ1n) is 14.6. The van der Waals surface area contributed by atoms with Gasteiger partial charge in [-0.3, -0.25) is 9.79 Å². The molecule has 5 nitrogen and oxygen atoms in total. The van der Waals surface area contributed by atoms with E-state index in [1.807, 2.05) is 21.6 Å². The lowest BCUT2D eigenvalue weighted by molar-refractivity contribution is -0.134. The first-order chi connectivity index (χ1) is 17.4. The fourth-order valence-corrected chi connectivity index (χ4v) is 13.0. The van der Waals surface area contributed by atoms with Crippen LogP contribution < -0.4 is 11.1 Å². The van der Waals surface area contributed by atoms with Crippen molar-refractivity contribution in [2.24, 2.45) is 38.8 Å².